The average Bonchev–Trinajstić information content (AvgIpc) is 2.89. The second kappa shape index (κ2) is 6.45. The van der Waals surface area contributed by atoms with Crippen LogP contribution in [0.2, 0.25) is 0 Å². The molecule has 1 aliphatic carbocycles. The van der Waals surface area contributed by atoms with Gasteiger partial charge in [0.25, 0.3) is 5.91 Å². The zero-order valence-electron chi connectivity index (χ0n) is 14.0. The number of hydrogen-bond donors (Lipinski definition) is 1. The van der Waals surface area contributed by atoms with Gasteiger partial charge in [-0.3, -0.25) is 4.79 Å². The molecule has 2 aromatic rings. The standard InChI is InChI=1S/C20H23NO2/c1-13-10-14(2)20(15(3)11-13)23-12-19(22)21-18-9-8-16-6-4-5-7-17(16)18/h4-7,10-11,18H,8-9,12H2,1-3H3,(H,21,22)/t18-/m0/s1. The van der Waals surface area contributed by atoms with Crippen LogP contribution in [-0.4, -0.2) is 12.5 Å². The summed E-state index contributed by atoms with van der Waals surface area (Å²) in [6, 6.07) is 12.6. The summed E-state index contributed by atoms with van der Waals surface area (Å²) < 4.78 is 5.77. The molecule has 3 rings (SSSR count). The maximum atomic E-state index is 12.2. The van der Waals surface area contributed by atoms with Gasteiger partial charge in [0.05, 0.1) is 6.04 Å². The number of amides is 1. The van der Waals surface area contributed by atoms with Crippen LogP contribution in [0.1, 0.15) is 40.3 Å². The van der Waals surface area contributed by atoms with Crippen LogP contribution >= 0.6 is 0 Å². The summed E-state index contributed by atoms with van der Waals surface area (Å²) in [6.45, 7) is 6.15. The average molecular weight is 309 g/mol. The van der Waals surface area contributed by atoms with Gasteiger partial charge in [0.1, 0.15) is 5.75 Å². The predicted octanol–water partition coefficient (Wildman–Crippen LogP) is 3.79. The highest BCUT2D eigenvalue weighted by atomic mass is 16.5. The van der Waals surface area contributed by atoms with Crippen LogP contribution in [-0.2, 0) is 11.2 Å². The van der Waals surface area contributed by atoms with Gasteiger partial charge in [-0.15, -0.1) is 0 Å². The first-order valence-electron chi connectivity index (χ1n) is 8.12. The summed E-state index contributed by atoms with van der Waals surface area (Å²) in [4.78, 5) is 12.2. The van der Waals surface area contributed by atoms with Gasteiger partial charge in [0, 0.05) is 0 Å². The first-order chi connectivity index (χ1) is 11.0. The largest absolute Gasteiger partial charge is 0.483 e. The Hall–Kier alpha value is -2.29. The van der Waals surface area contributed by atoms with Gasteiger partial charge < -0.3 is 10.1 Å². The summed E-state index contributed by atoms with van der Waals surface area (Å²) in [6.07, 6.45) is 1.99. The highest BCUT2D eigenvalue weighted by molar-refractivity contribution is 5.78. The van der Waals surface area contributed by atoms with Crippen molar-refractivity contribution in [1.29, 1.82) is 0 Å². The molecule has 1 N–H and O–H groups in total. The maximum Gasteiger partial charge on any atom is 0.258 e. The quantitative estimate of drug-likeness (QED) is 0.933. The highest BCUT2D eigenvalue weighted by Gasteiger charge is 2.23. The normalized spacial score (nSPS) is 16.0. The number of hydrogen-bond acceptors (Lipinski definition) is 2. The van der Waals surface area contributed by atoms with Crippen LogP contribution in [0, 0.1) is 20.8 Å². The fraction of sp³-hybridized carbons (Fsp3) is 0.350. The molecule has 0 fully saturated rings. The molecule has 0 spiro atoms. The van der Waals surface area contributed by atoms with E-state index in [2.05, 4.69) is 42.6 Å². The molecule has 0 aliphatic heterocycles. The number of benzene rings is 2. The summed E-state index contributed by atoms with van der Waals surface area (Å²) in [5.41, 5.74) is 5.93. The van der Waals surface area contributed by atoms with Crippen LogP contribution in [0.4, 0.5) is 0 Å². The molecule has 0 bridgehead atoms. The third-order valence-electron chi connectivity index (χ3n) is 4.42. The lowest BCUT2D eigenvalue weighted by molar-refractivity contribution is -0.123. The molecule has 0 unspecified atom stereocenters. The van der Waals surface area contributed by atoms with E-state index in [-0.39, 0.29) is 18.6 Å². The van der Waals surface area contributed by atoms with Crippen molar-refractivity contribution >= 4 is 5.91 Å². The Balaban J connectivity index is 1.61. The van der Waals surface area contributed by atoms with Crippen molar-refractivity contribution in [2.75, 3.05) is 6.61 Å². The topological polar surface area (TPSA) is 38.3 Å². The molecule has 1 aliphatic rings. The van der Waals surface area contributed by atoms with Crippen molar-refractivity contribution in [3.8, 4) is 5.75 Å². The Labute approximate surface area is 137 Å². The molecular weight excluding hydrogens is 286 g/mol. The van der Waals surface area contributed by atoms with E-state index in [4.69, 9.17) is 4.74 Å². The third kappa shape index (κ3) is 3.39. The number of carbonyl (C=O) groups is 1. The van der Waals surface area contributed by atoms with Crippen molar-refractivity contribution < 1.29 is 9.53 Å². The molecule has 1 atom stereocenters. The molecule has 0 aromatic heterocycles. The van der Waals surface area contributed by atoms with Crippen molar-refractivity contribution in [3.05, 3.63) is 64.2 Å². The third-order valence-corrected chi connectivity index (χ3v) is 4.42. The van der Waals surface area contributed by atoms with Crippen LogP contribution in [0.25, 0.3) is 0 Å². The van der Waals surface area contributed by atoms with Gasteiger partial charge in [0.15, 0.2) is 6.61 Å². The van der Waals surface area contributed by atoms with E-state index < -0.39 is 0 Å². The van der Waals surface area contributed by atoms with E-state index in [0.717, 1.165) is 29.7 Å². The first kappa shape index (κ1) is 15.6. The van der Waals surface area contributed by atoms with Gasteiger partial charge in [-0.1, -0.05) is 42.0 Å². The molecule has 120 valence electrons. The van der Waals surface area contributed by atoms with Crippen LogP contribution in [0.5, 0.6) is 5.75 Å². The van der Waals surface area contributed by atoms with Crippen LogP contribution in [0.15, 0.2) is 36.4 Å². The Bertz CT molecular complexity index is 713. The lowest BCUT2D eigenvalue weighted by atomic mass is 10.1. The lowest BCUT2D eigenvalue weighted by Gasteiger charge is -2.16. The van der Waals surface area contributed by atoms with Gasteiger partial charge in [-0.2, -0.15) is 0 Å². The number of ether oxygens (including phenoxy) is 1. The summed E-state index contributed by atoms with van der Waals surface area (Å²) in [5.74, 6) is 0.753. The molecule has 3 nitrogen and oxygen atoms in total. The number of nitrogens with one attached hydrogen (secondary N) is 1. The number of aryl methyl sites for hydroxylation is 4. The fourth-order valence-corrected chi connectivity index (χ4v) is 3.48. The van der Waals surface area contributed by atoms with Crippen molar-refractivity contribution in [3.63, 3.8) is 0 Å². The molecule has 23 heavy (non-hydrogen) atoms. The Morgan fingerprint density at radius 3 is 2.61 bits per heavy atom. The van der Waals surface area contributed by atoms with E-state index in [1.807, 2.05) is 19.9 Å². The fourth-order valence-electron chi connectivity index (χ4n) is 3.48. The second-order valence-electron chi connectivity index (χ2n) is 6.37. The Morgan fingerprint density at radius 1 is 1.17 bits per heavy atom. The molecule has 3 heteroatoms. The van der Waals surface area contributed by atoms with Gasteiger partial charge >= 0.3 is 0 Å². The minimum atomic E-state index is -0.0638. The lowest BCUT2D eigenvalue weighted by Crippen LogP contribution is -2.31. The zero-order valence-corrected chi connectivity index (χ0v) is 14.0. The molecule has 0 saturated carbocycles. The first-order valence-corrected chi connectivity index (χ1v) is 8.12. The minimum absolute atomic E-state index is 0.0589. The van der Waals surface area contributed by atoms with Crippen molar-refractivity contribution in [2.45, 2.75) is 39.7 Å². The summed E-state index contributed by atoms with van der Waals surface area (Å²) >= 11 is 0. The number of rotatable bonds is 4. The van der Waals surface area contributed by atoms with Crippen LogP contribution < -0.4 is 10.1 Å². The van der Waals surface area contributed by atoms with E-state index in [0.29, 0.717) is 0 Å². The Kier molecular flexibility index (Phi) is 4.37. The van der Waals surface area contributed by atoms with E-state index in [1.54, 1.807) is 0 Å². The second-order valence-corrected chi connectivity index (χ2v) is 6.37. The predicted molar refractivity (Wildman–Crippen MR) is 91.8 cm³/mol. The smallest absolute Gasteiger partial charge is 0.258 e. The van der Waals surface area contributed by atoms with Gasteiger partial charge in [0.2, 0.25) is 0 Å². The summed E-state index contributed by atoms with van der Waals surface area (Å²) in [7, 11) is 0. The van der Waals surface area contributed by atoms with Crippen molar-refractivity contribution in [2.24, 2.45) is 0 Å². The number of carbonyl (C=O) groups excluding carboxylic acids is 1. The summed E-state index contributed by atoms with van der Waals surface area (Å²) in [5, 5.41) is 3.09. The van der Waals surface area contributed by atoms with E-state index in [9.17, 15) is 4.79 Å². The van der Waals surface area contributed by atoms with Gasteiger partial charge in [-0.05, 0) is 55.9 Å². The van der Waals surface area contributed by atoms with E-state index >= 15 is 0 Å². The Morgan fingerprint density at radius 2 is 1.87 bits per heavy atom. The highest BCUT2D eigenvalue weighted by Crippen LogP contribution is 2.30. The maximum absolute atomic E-state index is 12.2. The molecular formula is C20H23NO2. The van der Waals surface area contributed by atoms with Crippen molar-refractivity contribution in [1.82, 2.24) is 5.32 Å². The minimum Gasteiger partial charge on any atom is -0.483 e. The van der Waals surface area contributed by atoms with E-state index in [1.165, 1.54) is 16.7 Å². The number of fused-ring (bicyclic) bond motifs is 1. The zero-order chi connectivity index (χ0) is 16.4. The molecule has 0 saturated heterocycles. The van der Waals surface area contributed by atoms with Gasteiger partial charge in [-0.25, -0.2) is 0 Å². The molecule has 0 radical (unpaired) electrons. The molecule has 2 aromatic carbocycles. The SMILES string of the molecule is Cc1cc(C)c(OCC(=O)N[C@H]2CCc3ccccc32)c(C)c1. The molecule has 0 heterocycles. The molecule has 1 amide bonds. The van der Waals surface area contributed by atoms with Crippen LogP contribution in [0.3, 0.4) is 0 Å². The monoisotopic (exact) mass is 309 g/mol.